The summed E-state index contributed by atoms with van der Waals surface area (Å²) in [5.41, 5.74) is 5.78. The molecule has 0 unspecified atom stereocenters. The number of carbonyl (C=O) groups excluding carboxylic acids is 1. The molecular formula is C20H23N5O2. The van der Waals surface area contributed by atoms with Gasteiger partial charge in [0.25, 0.3) is 5.91 Å². The molecule has 3 heterocycles. The molecule has 0 saturated carbocycles. The molecule has 2 aromatic heterocycles. The van der Waals surface area contributed by atoms with E-state index >= 15 is 0 Å². The number of anilines is 1. The molecule has 1 aromatic carbocycles. The van der Waals surface area contributed by atoms with Crippen molar-refractivity contribution in [3.8, 4) is 17.0 Å². The second kappa shape index (κ2) is 6.57. The van der Waals surface area contributed by atoms with E-state index in [2.05, 4.69) is 40.5 Å². The first-order valence-corrected chi connectivity index (χ1v) is 9.12. The van der Waals surface area contributed by atoms with Gasteiger partial charge in [-0.1, -0.05) is 0 Å². The highest BCUT2D eigenvalue weighted by molar-refractivity contribution is 6.04. The summed E-state index contributed by atoms with van der Waals surface area (Å²) >= 11 is 0. The van der Waals surface area contributed by atoms with Crippen LogP contribution in [0.4, 0.5) is 5.69 Å². The standard InChI is InChI=1S/C20H23N5O2/c1-11(2)25-13(4)19(12(3)24-25)21-20(26)17-10-16(22-23-17)14-5-6-18-15(9-14)7-8-27-18/h5-6,9-11H,7-8H2,1-4H3,(H,21,26)(H,22,23). The molecule has 0 saturated heterocycles. The third kappa shape index (κ3) is 3.09. The summed E-state index contributed by atoms with van der Waals surface area (Å²) in [6, 6.07) is 7.99. The van der Waals surface area contributed by atoms with Crippen molar-refractivity contribution < 1.29 is 9.53 Å². The maximum Gasteiger partial charge on any atom is 0.273 e. The average Bonchev–Trinajstić information content (AvgIpc) is 3.35. The van der Waals surface area contributed by atoms with Gasteiger partial charge >= 0.3 is 0 Å². The molecule has 7 heteroatoms. The molecule has 7 nitrogen and oxygen atoms in total. The number of H-pyrrole nitrogens is 1. The minimum atomic E-state index is -0.229. The summed E-state index contributed by atoms with van der Waals surface area (Å²) in [6.07, 6.45) is 0.902. The normalized spacial score (nSPS) is 12.9. The molecule has 0 fully saturated rings. The van der Waals surface area contributed by atoms with Crippen molar-refractivity contribution in [3.05, 3.63) is 46.9 Å². The number of nitrogens with zero attached hydrogens (tertiary/aromatic N) is 3. The van der Waals surface area contributed by atoms with Crippen LogP contribution in [0.3, 0.4) is 0 Å². The van der Waals surface area contributed by atoms with E-state index in [0.29, 0.717) is 5.69 Å². The zero-order valence-electron chi connectivity index (χ0n) is 16.0. The van der Waals surface area contributed by atoms with E-state index in [0.717, 1.165) is 47.1 Å². The van der Waals surface area contributed by atoms with Gasteiger partial charge < -0.3 is 10.1 Å². The predicted octanol–water partition coefficient (Wildman–Crippen LogP) is 3.66. The van der Waals surface area contributed by atoms with E-state index in [-0.39, 0.29) is 11.9 Å². The number of carbonyl (C=O) groups is 1. The zero-order valence-corrected chi connectivity index (χ0v) is 16.0. The van der Waals surface area contributed by atoms with Gasteiger partial charge in [0.05, 0.1) is 29.4 Å². The topological polar surface area (TPSA) is 84.8 Å². The smallest absolute Gasteiger partial charge is 0.273 e. The van der Waals surface area contributed by atoms with E-state index < -0.39 is 0 Å². The van der Waals surface area contributed by atoms with Crippen molar-refractivity contribution >= 4 is 11.6 Å². The van der Waals surface area contributed by atoms with Gasteiger partial charge in [0.1, 0.15) is 11.4 Å². The van der Waals surface area contributed by atoms with Gasteiger partial charge in [0.2, 0.25) is 0 Å². The SMILES string of the molecule is Cc1nn(C(C)C)c(C)c1NC(=O)c1cc(-c2ccc3c(c2)CCO3)n[nH]1. The Hall–Kier alpha value is -3.09. The highest BCUT2D eigenvalue weighted by Crippen LogP contribution is 2.30. The zero-order chi connectivity index (χ0) is 19.1. The fraction of sp³-hybridized carbons (Fsp3) is 0.350. The highest BCUT2D eigenvalue weighted by atomic mass is 16.5. The first kappa shape index (κ1) is 17.3. The van der Waals surface area contributed by atoms with Crippen LogP contribution >= 0.6 is 0 Å². The number of ether oxygens (including phenoxy) is 1. The number of benzene rings is 1. The number of fused-ring (bicyclic) bond motifs is 1. The second-order valence-corrected chi connectivity index (χ2v) is 7.13. The molecule has 0 aliphatic carbocycles. The van der Waals surface area contributed by atoms with Gasteiger partial charge in [-0.25, -0.2) is 0 Å². The van der Waals surface area contributed by atoms with E-state index in [4.69, 9.17) is 4.74 Å². The number of hydrogen-bond donors (Lipinski definition) is 2. The van der Waals surface area contributed by atoms with Gasteiger partial charge in [-0.2, -0.15) is 10.2 Å². The predicted molar refractivity (Wildman–Crippen MR) is 103 cm³/mol. The summed E-state index contributed by atoms with van der Waals surface area (Å²) in [7, 11) is 0. The molecule has 140 valence electrons. The van der Waals surface area contributed by atoms with Crippen molar-refractivity contribution in [1.82, 2.24) is 20.0 Å². The Morgan fingerprint density at radius 3 is 2.85 bits per heavy atom. The van der Waals surface area contributed by atoms with E-state index in [9.17, 15) is 4.79 Å². The first-order chi connectivity index (χ1) is 12.9. The molecule has 0 atom stereocenters. The third-order valence-electron chi connectivity index (χ3n) is 4.86. The number of aromatic amines is 1. The minimum Gasteiger partial charge on any atom is -0.493 e. The lowest BCUT2D eigenvalue weighted by atomic mass is 10.1. The van der Waals surface area contributed by atoms with Crippen LogP contribution in [0.25, 0.3) is 11.3 Å². The molecular weight excluding hydrogens is 342 g/mol. The second-order valence-electron chi connectivity index (χ2n) is 7.13. The summed E-state index contributed by atoms with van der Waals surface area (Å²) in [4.78, 5) is 12.7. The molecule has 2 N–H and O–H groups in total. The van der Waals surface area contributed by atoms with Crippen molar-refractivity contribution in [1.29, 1.82) is 0 Å². The Kier molecular flexibility index (Phi) is 4.22. The van der Waals surface area contributed by atoms with Crippen LogP contribution in [0.5, 0.6) is 5.75 Å². The maximum absolute atomic E-state index is 12.7. The van der Waals surface area contributed by atoms with Crippen LogP contribution in [0.15, 0.2) is 24.3 Å². The Balaban J connectivity index is 1.56. The van der Waals surface area contributed by atoms with Crippen molar-refractivity contribution in [2.24, 2.45) is 0 Å². The average molecular weight is 365 g/mol. The number of aromatic nitrogens is 4. The summed E-state index contributed by atoms with van der Waals surface area (Å²) in [5, 5.41) is 14.6. The Labute approximate surface area is 157 Å². The number of hydrogen-bond acceptors (Lipinski definition) is 4. The molecule has 1 aliphatic heterocycles. The first-order valence-electron chi connectivity index (χ1n) is 9.12. The number of aryl methyl sites for hydroxylation is 1. The number of rotatable bonds is 4. The summed E-state index contributed by atoms with van der Waals surface area (Å²) < 4.78 is 7.45. The van der Waals surface area contributed by atoms with Gasteiger partial charge in [-0.3, -0.25) is 14.6 Å². The molecule has 1 amide bonds. The molecule has 4 rings (SSSR count). The number of nitrogens with one attached hydrogen (secondary N) is 2. The molecule has 27 heavy (non-hydrogen) atoms. The van der Waals surface area contributed by atoms with Crippen LogP contribution < -0.4 is 10.1 Å². The van der Waals surface area contributed by atoms with Gasteiger partial charge in [0, 0.05) is 18.0 Å². The van der Waals surface area contributed by atoms with Crippen LogP contribution in [0, 0.1) is 13.8 Å². The summed E-state index contributed by atoms with van der Waals surface area (Å²) in [6.45, 7) is 8.70. The number of amides is 1. The van der Waals surface area contributed by atoms with Crippen LogP contribution in [-0.2, 0) is 6.42 Å². The van der Waals surface area contributed by atoms with Crippen LogP contribution in [0.2, 0.25) is 0 Å². The van der Waals surface area contributed by atoms with E-state index in [1.165, 1.54) is 5.56 Å². The molecule has 0 spiro atoms. The largest absolute Gasteiger partial charge is 0.493 e. The van der Waals surface area contributed by atoms with Crippen molar-refractivity contribution in [3.63, 3.8) is 0 Å². The van der Waals surface area contributed by atoms with Crippen LogP contribution in [-0.4, -0.2) is 32.5 Å². The Bertz CT molecular complexity index is 1020. The van der Waals surface area contributed by atoms with E-state index in [1.54, 1.807) is 6.07 Å². The van der Waals surface area contributed by atoms with Gasteiger partial charge in [0.15, 0.2) is 0 Å². The third-order valence-corrected chi connectivity index (χ3v) is 4.86. The van der Waals surface area contributed by atoms with E-state index in [1.807, 2.05) is 30.7 Å². The van der Waals surface area contributed by atoms with Gasteiger partial charge in [-0.05, 0) is 57.5 Å². The van der Waals surface area contributed by atoms with Crippen molar-refractivity contribution in [2.75, 3.05) is 11.9 Å². The maximum atomic E-state index is 12.7. The monoisotopic (exact) mass is 365 g/mol. The molecule has 3 aromatic rings. The quantitative estimate of drug-likeness (QED) is 0.739. The fourth-order valence-corrected chi connectivity index (χ4v) is 3.46. The Morgan fingerprint density at radius 1 is 1.30 bits per heavy atom. The van der Waals surface area contributed by atoms with Gasteiger partial charge in [-0.15, -0.1) is 0 Å². The molecule has 1 aliphatic rings. The lowest BCUT2D eigenvalue weighted by Gasteiger charge is -2.09. The lowest BCUT2D eigenvalue weighted by molar-refractivity contribution is 0.102. The fourth-order valence-electron chi connectivity index (χ4n) is 3.46. The molecule has 0 bridgehead atoms. The van der Waals surface area contributed by atoms with Crippen molar-refractivity contribution in [2.45, 2.75) is 40.2 Å². The Morgan fingerprint density at radius 2 is 2.11 bits per heavy atom. The van der Waals surface area contributed by atoms with Crippen LogP contribution in [0.1, 0.15) is 47.3 Å². The minimum absolute atomic E-state index is 0.229. The molecule has 0 radical (unpaired) electrons. The highest BCUT2D eigenvalue weighted by Gasteiger charge is 2.19. The lowest BCUT2D eigenvalue weighted by Crippen LogP contribution is -2.14. The summed E-state index contributed by atoms with van der Waals surface area (Å²) in [5.74, 6) is 0.702.